The first-order chi connectivity index (χ1) is 15.8. The zero-order valence-electron chi connectivity index (χ0n) is 17.5. The summed E-state index contributed by atoms with van der Waals surface area (Å²) in [6, 6.07) is 2.60. The van der Waals surface area contributed by atoms with Crippen LogP contribution in [0, 0.1) is 5.92 Å². The van der Waals surface area contributed by atoms with Crippen molar-refractivity contribution in [2.75, 3.05) is 31.7 Å². The number of aromatic nitrogens is 5. The first kappa shape index (κ1) is 23.1. The average Bonchev–Trinajstić information content (AvgIpc) is 3.18. The van der Waals surface area contributed by atoms with Crippen LogP contribution in [0.2, 0.25) is 0 Å². The fourth-order valence-electron chi connectivity index (χ4n) is 3.86. The van der Waals surface area contributed by atoms with Gasteiger partial charge in [-0.25, -0.2) is 28.4 Å². The summed E-state index contributed by atoms with van der Waals surface area (Å²) in [6.07, 6.45) is -2.95. The number of piperidine rings is 1. The molecule has 1 saturated heterocycles. The van der Waals surface area contributed by atoms with Crippen LogP contribution in [0.1, 0.15) is 12.1 Å². The Hall–Kier alpha value is -3.09. The molecule has 0 aliphatic carbocycles. The Morgan fingerprint density at radius 1 is 1.21 bits per heavy atom. The third-order valence-electron chi connectivity index (χ3n) is 5.43. The maximum absolute atomic E-state index is 13.2. The molecule has 0 radical (unpaired) electrons. The molecule has 0 N–H and O–H groups in total. The van der Waals surface area contributed by atoms with E-state index in [4.69, 9.17) is 9.47 Å². The lowest BCUT2D eigenvalue weighted by molar-refractivity contribution is -0.142. The van der Waals surface area contributed by atoms with Crippen molar-refractivity contribution in [2.24, 2.45) is 5.92 Å². The highest BCUT2D eigenvalue weighted by Gasteiger charge is 2.37. The number of halogens is 5. The zero-order valence-corrected chi connectivity index (χ0v) is 17.5. The molecule has 13 heteroatoms. The maximum atomic E-state index is 13.2. The standard InChI is InChI=1S/C20H21F5N6O2/c1-32-14-4-6-30(17-8-27-13-7-28-31(10-16(21)22)19(13)29-17)9-12(14)11-33-15-3-2-5-26-18(15)20(23,24)25/h2-3,5,7-8,12,14,16H,4,6,9-11H2,1H3/t12-,14+/m1/s1. The lowest BCUT2D eigenvalue weighted by Gasteiger charge is -2.38. The fourth-order valence-corrected chi connectivity index (χ4v) is 3.86. The van der Waals surface area contributed by atoms with E-state index < -0.39 is 24.8 Å². The van der Waals surface area contributed by atoms with Crippen molar-refractivity contribution < 1.29 is 31.4 Å². The van der Waals surface area contributed by atoms with E-state index in [0.717, 1.165) is 10.9 Å². The second-order valence-corrected chi connectivity index (χ2v) is 7.58. The van der Waals surface area contributed by atoms with Crippen LogP contribution in [0.25, 0.3) is 11.2 Å². The highest BCUT2D eigenvalue weighted by molar-refractivity contribution is 5.71. The van der Waals surface area contributed by atoms with E-state index in [-0.39, 0.29) is 30.0 Å². The van der Waals surface area contributed by atoms with Crippen LogP contribution in [-0.4, -0.2) is 64.1 Å². The highest BCUT2D eigenvalue weighted by atomic mass is 19.4. The summed E-state index contributed by atoms with van der Waals surface area (Å²) < 4.78 is 77.4. The van der Waals surface area contributed by atoms with Gasteiger partial charge in [-0.05, 0) is 18.6 Å². The van der Waals surface area contributed by atoms with E-state index in [1.807, 2.05) is 4.90 Å². The van der Waals surface area contributed by atoms with E-state index in [1.165, 1.54) is 31.6 Å². The predicted octanol–water partition coefficient (Wildman–Crippen LogP) is 3.43. The molecule has 33 heavy (non-hydrogen) atoms. The van der Waals surface area contributed by atoms with Gasteiger partial charge in [0.1, 0.15) is 23.6 Å². The van der Waals surface area contributed by atoms with Crippen LogP contribution < -0.4 is 9.64 Å². The van der Waals surface area contributed by atoms with Crippen LogP contribution >= 0.6 is 0 Å². The molecule has 1 aliphatic rings. The van der Waals surface area contributed by atoms with Gasteiger partial charge >= 0.3 is 6.18 Å². The largest absolute Gasteiger partial charge is 0.491 e. The monoisotopic (exact) mass is 472 g/mol. The number of hydrogen-bond donors (Lipinski definition) is 0. The first-order valence-corrected chi connectivity index (χ1v) is 10.2. The Morgan fingerprint density at radius 2 is 2.03 bits per heavy atom. The van der Waals surface area contributed by atoms with E-state index in [1.54, 1.807) is 0 Å². The Kier molecular flexibility index (Phi) is 6.58. The molecule has 2 atom stereocenters. The van der Waals surface area contributed by atoms with E-state index >= 15 is 0 Å². The van der Waals surface area contributed by atoms with Gasteiger partial charge in [0.25, 0.3) is 6.43 Å². The van der Waals surface area contributed by atoms with Crippen molar-refractivity contribution in [1.82, 2.24) is 24.7 Å². The summed E-state index contributed by atoms with van der Waals surface area (Å²) in [7, 11) is 1.54. The lowest BCUT2D eigenvalue weighted by atomic mass is 9.95. The number of ether oxygens (including phenoxy) is 2. The van der Waals surface area contributed by atoms with Gasteiger partial charge in [-0.1, -0.05) is 0 Å². The minimum Gasteiger partial charge on any atom is -0.491 e. The second kappa shape index (κ2) is 9.41. The highest BCUT2D eigenvalue weighted by Crippen LogP contribution is 2.35. The summed E-state index contributed by atoms with van der Waals surface area (Å²) in [5.41, 5.74) is -0.461. The van der Waals surface area contributed by atoms with E-state index in [9.17, 15) is 22.0 Å². The summed E-state index contributed by atoms with van der Waals surface area (Å²) in [4.78, 5) is 14.0. The van der Waals surface area contributed by atoms with Gasteiger partial charge in [-0.2, -0.15) is 18.3 Å². The van der Waals surface area contributed by atoms with Gasteiger partial charge in [0.2, 0.25) is 0 Å². The third kappa shape index (κ3) is 5.13. The molecule has 0 saturated carbocycles. The van der Waals surface area contributed by atoms with Crippen LogP contribution in [0.15, 0.2) is 30.7 Å². The molecule has 0 spiro atoms. The van der Waals surface area contributed by atoms with Crippen molar-refractivity contribution in [2.45, 2.75) is 31.7 Å². The smallest absolute Gasteiger partial charge is 0.437 e. The van der Waals surface area contributed by atoms with Gasteiger partial charge in [0.05, 0.1) is 25.1 Å². The molecule has 1 aliphatic heterocycles. The van der Waals surface area contributed by atoms with E-state index in [0.29, 0.717) is 30.8 Å². The summed E-state index contributed by atoms with van der Waals surface area (Å²) in [5, 5.41) is 3.91. The van der Waals surface area contributed by atoms with E-state index in [2.05, 4.69) is 20.1 Å². The number of anilines is 1. The molecular weight excluding hydrogens is 451 g/mol. The van der Waals surface area contributed by atoms with Crippen LogP contribution in [0.3, 0.4) is 0 Å². The molecule has 1 fully saturated rings. The molecule has 0 aromatic carbocycles. The molecule has 4 rings (SSSR count). The normalized spacial score (nSPS) is 19.4. The van der Waals surface area contributed by atoms with Crippen molar-refractivity contribution >= 4 is 17.0 Å². The van der Waals surface area contributed by atoms with Gasteiger partial charge in [-0.15, -0.1) is 0 Å². The van der Waals surface area contributed by atoms with Gasteiger partial charge in [0.15, 0.2) is 11.3 Å². The lowest BCUT2D eigenvalue weighted by Crippen LogP contribution is -2.46. The quantitative estimate of drug-likeness (QED) is 0.488. The van der Waals surface area contributed by atoms with Gasteiger partial charge < -0.3 is 14.4 Å². The molecule has 4 heterocycles. The van der Waals surface area contributed by atoms with Crippen molar-refractivity contribution in [3.8, 4) is 5.75 Å². The SMILES string of the molecule is CO[C@H]1CCN(c2cnc3cnn(CC(F)F)c3n2)C[C@@H]1COc1cccnc1C(F)(F)F. The molecule has 3 aromatic rings. The molecule has 0 bridgehead atoms. The Labute approximate surface area is 185 Å². The summed E-state index contributed by atoms with van der Waals surface area (Å²) in [6.45, 7) is 0.265. The van der Waals surface area contributed by atoms with Gasteiger partial charge in [0, 0.05) is 32.3 Å². The minimum absolute atomic E-state index is 0.0389. The minimum atomic E-state index is -4.64. The number of hydrogen-bond acceptors (Lipinski definition) is 7. The first-order valence-electron chi connectivity index (χ1n) is 10.2. The van der Waals surface area contributed by atoms with Crippen LogP contribution in [0.4, 0.5) is 27.8 Å². The number of alkyl halides is 5. The van der Waals surface area contributed by atoms with Crippen LogP contribution in [-0.2, 0) is 17.5 Å². The number of fused-ring (bicyclic) bond motifs is 1. The van der Waals surface area contributed by atoms with Crippen LogP contribution in [0.5, 0.6) is 5.75 Å². The number of nitrogens with zero attached hydrogens (tertiary/aromatic N) is 6. The molecule has 178 valence electrons. The number of methoxy groups -OCH3 is 1. The third-order valence-corrected chi connectivity index (χ3v) is 5.43. The molecule has 0 unspecified atom stereocenters. The average molecular weight is 472 g/mol. The van der Waals surface area contributed by atoms with Crippen molar-refractivity contribution in [3.63, 3.8) is 0 Å². The number of pyridine rings is 1. The van der Waals surface area contributed by atoms with Crippen molar-refractivity contribution in [1.29, 1.82) is 0 Å². The molecule has 8 nitrogen and oxygen atoms in total. The second-order valence-electron chi connectivity index (χ2n) is 7.58. The molecule has 3 aromatic heterocycles. The molecular formula is C20H21F5N6O2. The maximum Gasteiger partial charge on any atom is 0.437 e. The topological polar surface area (TPSA) is 78.2 Å². The number of rotatable bonds is 7. The van der Waals surface area contributed by atoms with Crippen molar-refractivity contribution in [3.05, 3.63) is 36.4 Å². The zero-order chi connectivity index (χ0) is 23.6. The van der Waals surface area contributed by atoms with Gasteiger partial charge in [-0.3, -0.25) is 0 Å². The predicted molar refractivity (Wildman–Crippen MR) is 107 cm³/mol. The summed E-state index contributed by atoms with van der Waals surface area (Å²) >= 11 is 0. The Morgan fingerprint density at radius 3 is 2.76 bits per heavy atom. The summed E-state index contributed by atoms with van der Waals surface area (Å²) in [5.74, 6) is -0.182. The fraction of sp³-hybridized carbons (Fsp3) is 0.500. The Balaban J connectivity index is 1.52. The Bertz CT molecular complexity index is 1090. The molecule has 0 amide bonds.